The molecule has 0 radical (unpaired) electrons. The van der Waals surface area contributed by atoms with E-state index >= 15 is 0 Å². The molecule has 0 bridgehead atoms. The van der Waals surface area contributed by atoms with Crippen LogP contribution in [0.25, 0.3) is 11.3 Å². The number of carbonyl (C=O) groups is 2. The molecule has 2 aliphatic rings. The third-order valence-electron chi connectivity index (χ3n) is 5.20. The summed E-state index contributed by atoms with van der Waals surface area (Å²) in [4.78, 5) is 23.8. The zero-order valence-corrected chi connectivity index (χ0v) is 15.4. The molecule has 4 rings (SSSR count). The Morgan fingerprint density at radius 1 is 1.15 bits per heavy atom. The number of hydrogen-bond acceptors (Lipinski definition) is 4. The molecular formula is C20H24N4O3. The zero-order chi connectivity index (χ0) is 19.0. The van der Waals surface area contributed by atoms with E-state index in [1.165, 1.54) is 17.7 Å². The summed E-state index contributed by atoms with van der Waals surface area (Å²) < 4.78 is 1.48. The van der Waals surface area contributed by atoms with Gasteiger partial charge in [0, 0.05) is 36.2 Å². The van der Waals surface area contributed by atoms with Crippen molar-refractivity contribution in [3.63, 3.8) is 0 Å². The van der Waals surface area contributed by atoms with Crippen LogP contribution in [0.4, 0.5) is 10.5 Å². The van der Waals surface area contributed by atoms with Gasteiger partial charge in [0.25, 0.3) is 0 Å². The molecule has 0 unspecified atom stereocenters. The van der Waals surface area contributed by atoms with Crippen molar-refractivity contribution >= 4 is 17.6 Å². The number of nitrogens with one attached hydrogen (secondary N) is 2. The Labute approximate surface area is 157 Å². The first-order valence-electron chi connectivity index (χ1n) is 9.53. The molecule has 0 atom stereocenters. The Morgan fingerprint density at radius 2 is 1.89 bits per heavy atom. The second-order valence-corrected chi connectivity index (χ2v) is 7.48. The van der Waals surface area contributed by atoms with Gasteiger partial charge in [0.2, 0.25) is 5.91 Å². The Kier molecular flexibility index (Phi) is 4.59. The van der Waals surface area contributed by atoms with Crippen LogP contribution in [0.15, 0.2) is 24.3 Å². The number of rotatable bonds is 4. The fourth-order valence-corrected chi connectivity index (χ4v) is 3.69. The minimum absolute atomic E-state index is 0.0199. The van der Waals surface area contributed by atoms with Crippen LogP contribution in [0, 0.1) is 0 Å². The van der Waals surface area contributed by atoms with Crippen molar-refractivity contribution < 1.29 is 14.7 Å². The summed E-state index contributed by atoms with van der Waals surface area (Å²) in [7, 11) is 0. The molecule has 27 heavy (non-hydrogen) atoms. The summed E-state index contributed by atoms with van der Waals surface area (Å²) in [5.41, 5.74) is 2.53. The molecule has 2 saturated carbocycles. The van der Waals surface area contributed by atoms with Crippen LogP contribution in [0.3, 0.4) is 0 Å². The summed E-state index contributed by atoms with van der Waals surface area (Å²) in [5.74, 6) is 0.134. The van der Waals surface area contributed by atoms with Gasteiger partial charge in [0.15, 0.2) is 0 Å². The van der Waals surface area contributed by atoms with Crippen LogP contribution >= 0.6 is 0 Å². The Bertz CT molecular complexity index is 879. The summed E-state index contributed by atoms with van der Waals surface area (Å²) in [6, 6.07) is 6.90. The standard InChI is InChI=1S/C20H24N4O3/c1-12(25)21-15-8-9-16(19(26)10-15)17-11-18(13-4-2-3-5-13)24(23-17)20(27)22-14-6-7-14/h8-11,13-14,26H,2-7H2,1H3,(H,21,25)(H,22,27). The lowest BCUT2D eigenvalue weighted by atomic mass is 10.0. The number of aromatic hydroxyl groups is 1. The van der Waals surface area contributed by atoms with E-state index in [1.807, 2.05) is 6.07 Å². The average Bonchev–Trinajstić information content (AvgIpc) is 3.10. The summed E-state index contributed by atoms with van der Waals surface area (Å²) in [6.07, 6.45) is 6.46. The lowest BCUT2D eigenvalue weighted by Gasteiger charge is -2.11. The SMILES string of the molecule is CC(=O)Nc1ccc(-c2cc(C3CCCC3)n(C(=O)NC3CC3)n2)c(O)c1. The molecule has 0 aliphatic heterocycles. The highest BCUT2D eigenvalue weighted by Gasteiger charge is 2.29. The first kappa shape index (κ1) is 17.6. The molecule has 2 aromatic rings. The number of phenols is 1. The summed E-state index contributed by atoms with van der Waals surface area (Å²) in [6.45, 7) is 1.42. The van der Waals surface area contributed by atoms with E-state index in [9.17, 15) is 14.7 Å². The van der Waals surface area contributed by atoms with Crippen molar-refractivity contribution in [2.45, 2.75) is 57.4 Å². The molecule has 0 saturated heterocycles. The maximum Gasteiger partial charge on any atom is 0.342 e. The lowest BCUT2D eigenvalue weighted by molar-refractivity contribution is -0.114. The zero-order valence-electron chi connectivity index (χ0n) is 15.4. The normalized spacial score (nSPS) is 17.1. The first-order chi connectivity index (χ1) is 13.0. The van der Waals surface area contributed by atoms with Crippen molar-refractivity contribution in [2.24, 2.45) is 0 Å². The predicted octanol–water partition coefficient (Wildman–Crippen LogP) is 3.59. The van der Waals surface area contributed by atoms with Crippen molar-refractivity contribution in [3.8, 4) is 17.0 Å². The van der Waals surface area contributed by atoms with Gasteiger partial charge >= 0.3 is 6.03 Å². The second-order valence-electron chi connectivity index (χ2n) is 7.48. The number of nitrogens with zero attached hydrogens (tertiary/aromatic N) is 2. The van der Waals surface area contributed by atoms with E-state index in [-0.39, 0.29) is 23.7 Å². The van der Waals surface area contributed by atoms with E-state index in [4.69, 9.17) is 0 Å². The van der Waals surface area contributed by atoms with Gasteiger partial charge in [0.05, 0.1) is 11.4 Å². The number of amides is 2. The van der Waals surface area contributed by atoms with Gasteiger partial charge in [-0.05, 0) is 43.9 Å². The van der Waals surface area contributed by atoms with Crippen LogP contribution in [0.2, 0.25) is 0 Å². The molecule has 2 aliphatic carbocycles. The highest BCUT2D eigenvalue weighted by atomic mass is 16.3. The predicted molar refractivity (Wildman–Crippen MR) is 102 cm³/mol. The number of phenolic OH excluding ortho intramolecular Hbond substituents is 1. The van der Waals surface area contributed by atoms with E-state index in [1.54, 1.807) is 12.1 Å². The van der Waals surface area contributed by atoms with Crippen LogP contribution in [-0.2, 0) is 4.79 Å². The molecule has 3 N–H and O–H groups in total. The smallest absolute Gasteiger partial charge is 0.342 e. The molecule has 7 nitrogen and oxygen atoms in total. The molecule has 1 aromatic heterocycles. The highest BCUT2D eigenvalue weighted by molar-refractivity contribution is 5.89. The number of benzene rings is 1. The second kappa shape index (κ2) is 7.06. The van der Waals surface area contributed by atoms with Gasteiger partial charge in [-0.3, -0.25) is 4.79 Å². The lowest BCUT2D eigenvalue weighted by Crippen LogP contribution is -2.32. The van der Waals surface area contributed by atoms with E-state index < -0.39 is 0 Å². The van der Waals surface area contributed by atoms with Crippen molar-refractivity contribution in [1.82, 2.24) is 15.1 Å². The third-order valence-corrected chi connectivity index (χ3v) is 5.20. The minimum atomic E-state index is -0.202. The van der Waals surface area contributed by atoms with Gasteiger partial charge < -0.3 is 15.7 Å². The fraction of sp³-hybridized carbons (Fsp3) is 0.450. The number of hydrogen-bond donors (Lipinski definition) is 3. The van der Waals surface area contributed by atoms with Gasteiger partial charge in [-0.25, -0.2) is 4.79 Å². The quantitative estimate of drug-likeness (QED) is 0.768. The average molecular weight is 368 g/mol. The van der Waals surface area contributed by atoms with Crippen LogP contribution in [-0.4, -0.2) is 32.9 Å². The monoisotopic (exact) mass is 368 g/mol. The topological polar surface area (TPSA) is 96.3 Å². The van der Waals surface area contributed by atoms with Crippen molar-refractivity contribution in [2.75, 3.05) is 5.32 Å². The van der Waals surface area contributed by atoms with Crippen LogP contribution in [0.1, 0.15) is 57.1 Å². The van der Waals surface area contributed by atoms with Gasteiger partial charge in [-0.2, -0.15) is 9.78 Å². The maximum absolute atomic E-state index is 12.7. The van der Waals surface area contributed by atoms with Crippen LogP contribution < -0.4 is 10.6 Å². The number of aromatic nitrogens is 2. The molecule has 142 valence electrons. The Hall–Kier alpha value is -2.83. The Morgan fingerprint density at radius 3 is 2.52 bits per heavy atom. The van der Waals surface area contributed by atoms with Gasteiger partial charge in [-0.1, -0.05) is 12.8 Å². The molecular weight excluding hydrogens is 344 g/mol. The van der Waals surface area contributed by atoms with Gasteiger partial charge in [-0.15, -0.1) is 0 Å². The largest absolute Gasteiger partial charge is 0.507 e. The maximum atomic E-state index is 12.7. The molecule has 1 heterocycles. The number of carbonyl (C=O) groups excluding carboxylic acids is 2. The van der Waals surface area contributed by atoms with Crippen molar-refractivity contribution in [3.05, 3.63) is 30.0 Å². The van der Waals surface area contributed by atoms with E-state index in [2.05, 4.69) is 15.7 Å². The molecule has 7 heteroatoms. The third kappa shape index (κ3) is 3.82. The Balaban J connectivity index is 1.68. The summed E-state index contributed by atoms with van der Waals surface area (Å²) >= 11 is 0. The number of anilines is 1. The van der Waals surface area contributed by atoms with Gasteiger partial charge in [0.1, 0.15) is 5.75 Å². The summed E-state index contributed by atoms with van der Waals surface area (Å²) in [5, 5.41) is 20.6. The molecule has 1 aromatic carbocycles. The highest BCUT2D eigenvalue weighted by Crippen LogP contribution is 2.38. The molecule has 2 fully saturated rings. The molecule has 0 spiro atoms. The van der Waals surface area contributed by atoms with Crippen molar-refractivity contribution in [1.29, 1.82) is 0 Å². The minimum Gasteiger partial charge on any atom is -0.507 e. The fourth-order valence-electron chi connectivity index (χ4n) is 3.69. The first-order valence-corrected chi connectivity index (χ1v) is 9.53. The van der Waals surface area contributed by atoms with Crippen LogP contribution in [0.5, 0.6) is 5.75 Å². The van der Waals surface area contributed by atoms with E-state index in [0.29, 0.717) is 22.9 Å². The van der Waals surface area contributed by atoms with E-state index in [0.717, 1.165) is 44.2 Å². The molecule has 2 amide bonds.